The number of piperazine rings is 1. The first kappa shape index (κ1) is 22.2. The molecule has 1 fully saturated rings. The molecule has 0 spiro atoms. The number of nitriles is 1. The first-order chi connectivity index (χ1) is 14.2. The molecule has 1 N–H and O–H groups in total. The second-order valence-corrected chi connectivity index (χ2v) is 9.65. The molecule has 2 aromatic carbocycles. The normalized spacial score (nSPS) is 20.5. The van der Waals surface area contributed by atoms with Crippen molar-refractivity contribution in [3.8, 4) is 6.07 Å². The number of nitrogens with zero attached hydrogens (tertiary/aromatic N) is 3. The number of halogens is 1. The molecule has 1 aliphatic heterocycles. The second kappa shape index (κ2) is 9.14. The number of carbonyl (C=O) groups is 1. The zero-order chi connectivity index (χ0) is 21.9. The van der Waals surface area contributed by atoms with Crippen LogP contribution in [0.2, 0.25) is 5.02 Å². The van der Waals surface area contributed by atoms with E-state index in [1.54, 1.807) is 36.4 Å². The summed E-state index contributed by atoms with van der Waals surface area (Å²) in [6, 6.07) is 14.3. The summed E-state index contributed by atoms with van der Waals surface area (Å²) in [5.41, 5.74) is 0.843. The van der Waals surface area contributed by atoms with Crippen LogP contribution < -0.4 is 5.32 Å². The van der Waals surface area contributed by atoms with E-state index in [0.29, 0.717) is 29.4 Å². The molecule has 1 heterocycles. The van der Waals surface area contributed by atoms with Gasteiger partial charge in [-0.2, -0.15) is 9.57 Å². The summed E-state index contributed by atoms with van der Waals surface area (Å²) in [7, 11) is -3.76. The van der Waals surface area contributed by atoms with Crippen molar-refractivity contribution >= 4 is 33.2 Å². The first-order valence-electron chi connectivity index (χ1n) is 9.53. The minimum absolute atomic E-state index is 0.102. The molecule has 0 saturated carbocycles. The van der Waals surface area contributed by atoms with Gasteiger partial charge in [-0.15, -0.1) is 0 Å². The van der Waals surface area contributed by atoms with Gasteiger partial charge in [0.05, 0.1) is 33.8 Å². The number of benzene rings is 2. The van der Waals surface area contributed by atoms with Crippen molar-refractivity contribution in [1.29, 1.82) is 5.26 Å². The third-order valence-electron chi connectivity index (χ3n) is 4.97. The number of anilines is 1. The van der Waals surface area contributed by atoms with Gasteiger partial charge in [-0.25, -0.2) is 8.42 Å². The van der Waals surface area contributed by atoms with Crippen LogP contribution in [0.3, 0.4) is 0 Å². The summed E-state index contributed by atoms with van der Waals surface area (Å²) in [4.78, 5) is 14.5. The quantitative estimate of drug-likeness (QED) is 0.762. The minimum atomic E-state index is -3.76. The van der Waals surface area contributed by atoms with E-state index in [1.165, 1.54) is 16.4 Å². The van der Waals surface area contributed by atoms with Crippen LogP contribution in [0.15, 0.2) is 53.4 Å². The highest BCUT2D eigenvalue weighted by Gasteiger charge is 2.38. The fraction of sp³-hybridized carbons (Fsp3) is 0.333. The van der Waals surface area contributed by atoms with Crippen molar-refractivity contribution in [3.63, 3.8) is 0 Å². The highest BCUT2D eigenvalue weighted by Crippen LogP contribution is 2.26. The maximum atomic E-state index is 13.2. The Kier molecular flexibility index (Phi) is 6.78. The van der Waals surface area contributed by atoms with Gasteiger partial charge in [0.2, 0.25) is 15.9 Å². The van der Waals surface area contributed by atoms with Gasteiger partial charge in [0.1, 0.15) is 0 Å². The molecule has 1 aliphatic rings. The third-order valence-corrected chi connectivity index (χ3v) is 7.42. The zero-order valence-electron chi connectivity index (χ0n) is 16.7. The van der Waals surface area contributed by atoms with Crippen LogP contribution in [-0.4, -0.2) is 55.2 Å². The molecule has 3 rings (SSSR count). The molecule has 30 heavy (non-hydrogen) atoms. The number of hydrogen-bond acceptors (Lipinski definition) is 5. The van der Waals surface area contributed by atoms with Gasteiger partial charge >= 0.3 is 0 Å². The van der Waals surface area contributed by atoms with Gasteiger partial charge in [-0.3, -0.25) is 9.69 Å². The maximum Gasteiger partial charge on any atom is 0.243 e. The van der Waals surface area contributed by atoms with Crippen LogP contribution in [0.5, 0.6) is 0 Å². The second-order valence-electron chi connectivity index (χ2n) is 7.39. The van der Waals surface area contributed by atoms with E-state index >= 15 is 0 Å². The van der Waals surface area contributed by atoms with Crippen LogP contribution >= 0.6 is 11.6 Å². The van der Waals surface area contributed by atoms with Crippen LogP contribution in [0.1, 0.15) is 19.4 Å². The molecule has 158 valence electrons. The van der Waals surface area contributed by atoms with Gasteiger partial charge < -0.3 is 5.32 Å². The molecule has 9 heteroatoms. The summed E-state index contributed by atoms with van der Waals surface area (Å²) in [5.74, 6) is -0.208. The molecular weight excluding hydrogens is 424 g/mol. The molecule has 2 aromatic rings. The molecule has 2 atom stereocenters. The minimum Gasteiger partial charge on any atom is -0.324 e. The predicted molar refractivity (Wildman–Crippen MR) is 116 cm³/mol. The Morgan fingerprint density at radius 1 is 1.17 bits per heavy atom. The van der Waals surface area contributed by atoms with E-state index in [1.807, 2.05) is 24.8 Å². The number of hydrogen-bond donors (Lipinski definition) is 1. The fourth-order valence-corrected chi connectivity index (χ4v) is 5.86. The standard InChI is InChI=1S/C21H23ClN4O3S/c1-15-12-25(14-21(27)24-20-9-4-3-8-19(20)22)13-16(2)26(15)30(28,29)18-7-5-6-17(10-18)11-23/h3-10,15-16H,12-14H2,1-2H3,(H,24,27)/t15-,16+. The van der Waals surface area contributed by atoms with Gasteiger partial charge in [-0.05, 0) is 44.2 Å². The molecule has 0 radical (unpaired) electrons. The third kappa shape index (κ3) is 4.82. The largest absolute Gasteiger partial charge is 0.324 e. The van der Waals surface area contributed by atoms with Crippen molar-refractivity contribution in [3.05, 3.63) is 59.1 Å². The van der Waals surface area contributed by atoms with Crippen LogP contribution in [0, 0.1) is 11.3 Å². The first-order valence-corrected chi connectivity index (χ1v) is 11.3. The SMILES string of the molecule is C[C@@H]1CN(CC(=O)Nc2ccccc2Cl)C[C@H](C)N1S(=O)(=O)c1cccc(C#N)c1. The predicted octanol–water partition coefficient (Wildman–Crippen LogP) is 2.93. The lowest BCUT2D eigenvalue weighted by Gasteiger charge is -2.43. The number of amides is 1. The van der Waals surface area contributed by atoms with Crippen molar-refractivity contribution in [2.45, 2.75) is 30.8 Å². The van der Waals surface area contributed by atoms with Crippen LogP contribution in [0.25, 0.3) is 0 Å². The number of sulfonamides is 1. The molecule has 0 aliphatic carbocycles. The summed E-state index contributed by atoms with van der Waals surface area (Å²) < 4.78 is 27.8. The maximum absolute atomic E-state index is 13.2. The van der Waals surface area contributed by atoms with Crippen LogP contribution in [0.4, 0.5) is 5.69 Å². The Morgan fingerprint density at radius 2 is 1.83 bits per heavy atom. The number of para-hydroxylation sites is 1. The Labute approximate surface area is 181 Å². The van der Waals surface area contributed by atoms with E-state index in [-0.39, 0.29) is 29.4 Å². The van der Waals surface area contributed by atoms with E-state index in [2.05, 4.69) is 5.32 Å². The lowest BCUT2D eigenvalue weighted by atomic mass is 10.1. The van der Waals surface area contributed by atoms with Crippen molar-refractivity contribution in [2.24, 2.45) is 0 Å². The Morgan fingerprint density at radius 3 is 2.47 bits per heavy atom. The van der Waals surface area contributed by atoms with Crippen molar-refractivity contribution in [1.82, 2.24) is 9.21 Å². The summed E-state index contributed by atoms with van der Waals surface area (Å²) in [6.45, 7) is 4.60. The van der Waals surface area contributed by atoms with E-state index in [9.17, 15) is 13.2 Å². The van der Waals surface area contributed by atoms with Gasteiger partial charge in [0, 0.05) is 25.2 Å². The Bertz CT molecular complexity index is 1070. The Hall–Kier alpha value is -2.44. The van der Waals surface area contributed by atoms with Gasteiger partial charge in [0.15, 0.2) is 0 Å². The van der Waals surface area contributed by atoms with E-state index in [4.69, 9.17) is 16.9 Å². The monoisotopic (exact) mass is 446 g/mol. The number of carbonyl (C=O) groups excluding carboxylic acids is 1. The van der Waals surface area contributed by atoms with Crippen molar-refractivity contribution in [2.75, 3.05) is 25.0 Å². The summed E-state index contributed by atoms with van der Waals surface area (Å²) in [5, 5.41) is 12.3. The van der Waals surface area contributed by atoms with Gasteiger partial charge in [0.25, 0.3) is 0 Å². The summed E-state index contributed by atoms with van der Waals surface area (Å²) in [6.07, 6.45) is 0. The molecule has 1 saturated heterocycles. The number of rotatable bonds is 5. The molecule has 0 bridgehead atoms. The Balaban J connectivity index is 1.70. The lowest BCUT2D eigenvalue weighted by Crippen LogP contribution is -2.59. The smallest absolute Gasteiger partial charge is 0.243 e. The van der Waals surface area contributed by atoms with E-state index < -0.39 is 10.0 Å². The highest BCUT2D eigenvalue weighted by atomic mass is 35.5. The zero-order valence-corrected chi connectivity index (χ0v) is 18.3. The average Bonchev–Trinajstić information content (AvgIpc) is 2.69. The number of nitrogens with one attached hydrogen (secondary N) is 1. The lowest BCUT2D eigenvalue weighted by molar-refractivity contribution is -0.118. The summed E-state index contributed by atoms with van der Waals surface area (Å²) >= 11 is 6.08. The average molecular weight is 447 g/mol. The van der Waals surface area contributed by atoms with Crippen molar-refractivity contribution < 1.29 is 13.2 Å². The molecule has 7 nitrogen and oxygen atoms in total. The molecule has 0 aromatic heterocycles. The molecule has 0 unspecified atom stereocenters. The van der Waals surface area contributed by atoms with Crippen LogP contribution in [-0.2, 0) is 14.8 Å². The topological polar surface area (TPSA) is 93.5 Å². The fourth-order valence-electron chi connectivity index (χ4n) is 3.82. The van der Waals surface area contributed by atoms with E-state index in [0.717, 1.165) is 0 Å². The molecule has 1 amide bonds. The molecular formula is C21H23ClN4O3S. The highest BCUT2D eigenvalue weighted by molar-refractivity contribution is 7.89. The van der Waals surface area contributed by atoms with Gasteiger partial charge in [-0.1, -0.05) is 29.8 Å².